The Labute approximate surface area is 167 Å². The van der Waals surface area contributed by atoms with Gasteiger partial charge in [-0.15, -0.1) is 0 Å². The van der Waals surface area contributed by atoms with Crippen LogP contribution >= 0.6 is 0 Å². The highest BCUT2D eigenvalue weighted by Crippen LogP contribution is 2.18. The summed E-state index contributed by atoms with van der Waals surface area (Å²) in [5.74, 6) is 0.611. The molecular weight excluding hydrogens is 352 g/mol. The van der Waals surface area contributed by atoms with Crippen LogP contribution in [0.2, 0.25) is 0 Å². The van der Waals surface area contributed by atoms with Crippen LogP contribution in [0.25, 0.3) is 0 Å². The fraction of sp³-hybridized carbons (Fsp3) is 0.391. The van der Waals surface area contributed by atoms with Crippen LogP contribution in [0.1, 0.15) is 49.9 Å². The Morgan fingerprint density at radius 2 is 1.64 bits per heavy atom. The van der Waals surface area contributed by atoms with E-state index in [9.17, 15) is 9.59 Å². The zero-order valence-corrected chi connectivity index (χ0v) is 17.1. The molecule has 2 amide bonds. The van der Waals surface area contributed by atoms with E-state index in [2.05, 4.69) is 10.6 Å². The summed E-state index contributed by atoms with van der Waals surface area (Å²) in [6.07, 6.45) is 1.10. The number of benzene rings is 2. The maximum absolute atomic E-state index is 12.4. The van der Waals surface area contributed by atoms with Gasteiger partial charge in [-0.05, 0) is 50.5 Å². The first-order chi connectivity index (χ1) is 13.3. The van der Waals surface area contributed by atoms with Gasteiger partial charge in [0.15, 0.2) is 0 Å². The normalized spacial score (nSPS) is 11.8. The number of hydrogen-bond donors (Lipinski definition) is 2. The van der Waals surface area contributed by atoms with Gasteiger partial charge in [0.1, 0.15) is 5.75 Å². The van der Waals surface area contributed by atoms with Crippen molar-refractivity contribution in [2.45, 2.75) is 52.7 Å². The van der Waals surface area contributed by atoms with E-state index >= 15 is 0 Å². The van der Waals surface area contributed by atoms with Gasteiger partial charge in [-0.1, -0.05) is 42.0 Å². The molecule has 0 aliphatic carbocycles. The number of ether oxygens (including phenoxy) is 1. The highest BCUT2D eigenvalue weighted by molar-refractivity contribution is 5.79. The molecule has 0 heterocycles. The summed E-state index contributed by atoms with van der Waals surface area (Å²) in [5, 5.41) is 5.80. The molecule has 1 atom stereocenters. The van der Waals surface area contributed by atoms with Crippen molar-refractivity contribution in [2.24, 2.45) is 0 Å². The molecule has 0 bridgehead atoms. The van der Waals surface area contributed by atoms with Gasteiger partial charge in [0, 0.05) is 13.5 Å². The predicted molar refractivity (Wildman–Crippen MR) is 111 cm³/mol. The van der Waals surface area contributed by atoms with Crippen LogP contribution < -0.4 is 15.4 Å². The van der Waals surface area contributed by atoms with Gasteiger partial charge in [-0.25, -0.2) is 0 Å². The Morgan fingerprint density at radius 1 is 1.00 bits per heavy atom. The number of hydrogen-bond acceptors (Lipinski definition) is 3. The average molecular weight is 383 g/mol. The lowest BCUT2D eigenvalue weighted by molar-refractivity contribution is -0.122. The third-order valence-electron chi connectivity index (χ3n) is 4.28. The minimum atomic E-state index is -0.328. The van der Waals surface area contributed by atoms with E-state index in [-0.39, 0.29) is 30.4 Å². The first-order valence-electron chi connectivity index (χ1n) is 9.69. The maximum Gasteiger partial charge on any atom is 0.222 e. The monoisotopic (exact) mass is 382 g/mol. The first-order valence-corrected chi connectivity index (χ1v) is 9.69. The van der Waals surface area contributed by atoms with Crippen molar-refractivity contribution in [1.29, 1.82) is 0 Å². The molecule has 0 aliphatic heterocycles. The van der Waals surface area contributed by atoms with Crippen LogP contribution in [-0.2, 0) is 16.0 Å². The summed E-state index contributed by atoms with van der Waals surface area (Å²) >= 11 is 0. The van der Waals surface area contributed by atoms with Crippen LogP contribution in [0.15, 0.2) is 48.5 Å². The predicted octanol–water partition coefficient (Wildman–Crippen LogP) is 3.71. The van der Waals surface area contributed by atoms with Gasteiger partial charge in [-0.2, -0.15) is 0 Å². The van der Waals surface area contributed by atoms with Crippen molar-refractivity contribution in [3.63, 3.8) is 0 Å². The van der Waals surface area contributed by atoms with Gasteiger partial charge in [0.25, 0.3) is 0 Å². The van der Waals surface area contributed by atoms with E-state index in [1.54, 1.807) is 0 Å². The fourth-order valence-electron chi connectivity index (χ4n) is 2.91. The van der Waals surface area contributed by atoms with E-state index in [4.69, 9.17) is 4.74 Å². The number of aryl methyl sites for hydroxylation is 1. The van der Waals surface area contributed by atoms with Crippen LogP contribution in [-0.4, -0.2) is 24.5 Å². The molecule has 0 radical (unpaired) electrons. The standard InChI is InChI=1S/C23H30N2O3/c1-16(2)28-21-11-7-19(8-12-21)13-14-24-23(27)15-22(25-18(4)26)20-9-5-17(3)6-10-20/h5-12,16,22H,13-15H2,1-4H3,(H,24,27)(H,25,26). The summed E-state index contributed by atoms with van der Waals surface area (Å²) in [7, 11) is 0. The molecule has 2 aromatic carbocycles. The van der Waals surface area contributed by atoms with Gasteiger partial charge in [0.05, 0.1) is 18.6 Å². The van der Waals surface area contributed by atoms with Crippen molar-refractivity contribution in [2.75, 3.05) is 6.54 Å². The van der Waals surface area contributed by atoms with Crippen molar-refractivity contribution < 1.29 is 14.3 Å². The van der Waals surface area contributed by atoms with Gasteiger partial charge in [0.2, 0.25) is 11.8 Å². The third-order valence-corrected chi connectivity index (χ3v) is 4.28. The Balaban J connectivity index is 1.85. The highest BCUT2D eigenvalue weighted by Gasteiger charge is 2.16. The smallest absolute Gasteiger partial charge is 0.222 e. The molecule has 5 heteroatoms. The molecule has 0 aliphatic rings. The number of rotatable bonds is 9. The fourth-order valence-corrected chi connectivity index (χ4v) is 2.91. The minimum absolute atomic E-state index is 0.0842. The first kappa shape index (κ1) is 21.5. The molecule has 0 saturated carbocycles. The molecule has 0 fully saturated rings. The number of nitrogens with one attached hydrogen (secondary N) is 2. The Kier molecular flexibility index (Phi) is 8.05. The minimum Gasteiger partial charge on any atom is -0.491 e. The van der Waals surface area contributed by atoms with Gasteiger partial charge in [-0.3, -0.25) is 9.59 Å². The highest BCUT2D eigenvalue weighted by atomic mass is 16.5. The Hall–Kier alpha value is -2.82. The molecule has 0 spiro atoms. The summed E-state index contributed by atoms with van der Waals surface area (Å²) in [5.41, 5.74) is 3.20. The third kappa shape index (κ3) is 7.43. The van der Waals surface area contributed by atoms with Crippen LogP contribution in [0.5, 0.6) is 5.75 Å². The number of carbonyl (C=O) groups is 2. The lowest BCUT2D eigenvalue weighted by Crippen LogP contribution is -2.33. The van der Waals surface area contributed by atoms with Crippen LogP contribution in [0.4, 0.5) is 0 Å². The SMILES string of the molecule is CC(=O)NC(CC(=O)NCCc1ccc(OC(C)C)cc1)c1ccc(C)cc1. The lowest BCUT2D eigenvalue weighted by Gasteiger charge is -2.18. The summed E-state index contributed by atoms with van der Waals surface area (Å²) in [6, 6.07) is 15.4. The van der Waals surface area contributed by atoms with Crippen LogP contribution in [0.3, 0.4) is 0 Å². The zero-order valence-electron chi connectivity index (χ0n) is 17.1. The van der Waals surface area contributed by atoms with E-state index in [0.717, 1.165) is 28.9 Å². The zero-order chi connectivity index (χ0) is 20.5. The average Bonchev–Trinajstić information content (AvgIpc) is 2.62. The second-order valence-corrected chi connectivity index (χ2v) is 7.28. The van der Waals surface area contributed by atoms with E-state index in [1.165, 1.54) is 6.92 Å². The largest absolute Gasteiger partial charge is 0.491 e. The van der Waals surface area contributed by atoms with Crippen molar-refractivity contribution in [3.8, 4) is 5.75 Å². The van der Waals surface area contributed by atoms with E-state index < -0.39 is 0 Å². The molecule has 1 unspecified atom stereocenters. The number of carbonyl (C=O) groups excluding carboxylic acids is 2. The molecule has 2 aromatic rings. The van der Waals surface area contributed by atoms with Crippen molar-refractivity contribution in [3.05, 3.63) is 65.2 Å². The molecule has 150 valence electrons. The molecule has 5 nitrogen and oxygen atoms in total. The molecule has 28 heavy (non-hydrogen) atoms. The van der Waals surface area contributed by atoms with Crippen molar-refractivity contribution in [1.82, 2.24) is 10.6 Å². The second kappa shape index (κ2) is 10.5. The quantitative estimate of drug-likeness (QED) is 0.695. The molecule has 0 aromatic heterocycles. The van der Waals surface area contributed by atoms with Gasteiger partial charge >= 0.3 is 0 Å². The van der Waals surface area contributed by atoms with Crippen molar-refractivity contribution >= 4 is 11.8 Å². The lowest BCUT2D eigenvalue weighted by atomic mass is 10.0. The topological polar surface area (TPSA) is 67.4 Å². The molecule has 2 rings (SSSR count). The summed E-state index contributed by atoms with van der Waals surface area (Å²) in [6.45, 7) is 8.00. The van der Waals surface area contributed by atoms with E-state index in [1.807, 2.05) is 69.3 Å². The number of amides is 2. The van der Waals surface area contributed by atoms with Gasteiger partial charge < -0.3 is 15.4 Å². The van der Waals surface area contributed by atoms with Crippen LogP contribution in [0, 0.1) is 6.92 Å². The van der Waals surface area contributed by atoms with E-state index in [0.29, 0.717) is 6.54 Å². The Bertz CT molecular complexity index is 767. The Morgan fingerprint density at radius 3 is 2.21 bits per heavy atom. The molecule has 0 saturated heterocycles. The summed E-state index contributed by atoms with van der Waals surface area (Å²) < 4.78 is 5.63. The molecule has 2 N–H and O–H groups in total. The second-order valence-electron chi connectivity index (χ2n) is 7.28. The maximum atomic E-state index is 12.4. The molecular formula is C23H30N2O3. The summed E-state index contributed by atoms with van der Waals surface area (Å²) in [4.78, 5) is 23.9.